The van der Waals surface area contributed by atoms with Crippen LogP contribution >= 0.6 is 0 Å². The maximum Gasteiger partial charge on any atom is 0.290 e. The lowest BCUT2D eigenvalue weighted by Gasteiger charge is -2.24. The molecule has 96 valence electrons. The van der Waals surface area contributed by atoms with E-state index in [0.717, 1.165) is 11.9 Å². The number of benzene rings is 1. The van der Waals surface area contributed by atoms with Gasteiger partial charge in [0.05, 0.1) is 11.6 Å². The minimum Gasteiger partial charge on any atom is -0.358 e. The normalized spacial score (nSPS) is 20.7. The minimum atomic E-state index is -2.82. The van der Waals surface area contributed by atoms with Gasteiger partial charge in [0.15, 0.2) is 0 Å². The van der Waals surface area contributed by atoms with E-state index in [1.54, 1.807) is 19.1 Å². The van der Waals surface area contributed by atoms with Crippen LogP contribution in [0.15, 0.2) is 24.3 Å². The Morgan fingerprint density at radius 3 is 2.78 bits per heavy atom. The van der Waals surface area contributed by atoms with E-state index in [1.807, 2.05) is 12.1 Å². The van der Waals surface area contributed by atoms with Gasteiger partial charge in [-0.1, -0.05) is 18.2 Å². The van der Waals surface area contributed by atoms with Gasteiger partial charge < -0.3 is 10.3 Å². The molecule has 0 aliphatic carbocycles. The summed E-state index contributed by atoms with van der Waals surface area (Å²) in [6, 6.07) is 6.52. The summed E-state index contributed by atoms with van der Waals surface area (Å²) in [6.07, 6.45) is 1.35. The van der Waals surface area contributed by atoms with E-state index >= 15 is 0 Å². The number of aromatic nitrogens is 1. The summed E-state index contributed by atoms with van der Waals surface area (Å²) < 4.78 is 29.2. The Labute approximate surface area is 104 Å². The third kappa shape index (κ3) is 1.63. The maximum absolute atomic E-state index is 14.6. The first kappa shape index (κ1) is 11.7. The number of alkyl halides is 2. The first-order valence-electron chi connectivity index (χ1n) is 6.29. The van der Waals surface area contributed by atoms with Crippen LogP contribution in [0.2, 0.25) is 0 Å². The highest BCUT2D eigenvalue weighted by Gasteiger charge is 2.45. The molecule has 0 spiro atoms. The molecule has 1 fully saturated rings. The van der Waals surface area contributed by atoms with E-state index in [2.05, 4.69) is 10.3 Å². The Morgan fingerprint density at radius 1 is 1.28 bits per heavy atom. The smallest absolute Gasteiger partial charge is 0.290 e. The first-order valence-corrected chi connectivity index (χ1v) is 6.29. The van der Waals surface area contributed by atoms with Crippen molar-refractivity contribution in [1.29, 1.82) is 0 Å². The van der Waals surface area contributed by atoms with E-state index in [-0.39, 0.29) is 5.56 Å². The predicted octanol–water partition coefficient (Wildman–Crippen LogP) is 3.32. The number of aryl methyl sites for hydroxylation is 1. The fourth-order valence-corrected chi connectivity index (χ4v) is 2.87. The van der Waals surface area contributed by atoms with Crippen molar-refractivity contribution in [2.45, 2.75) is 31.7 Å². The van der Waals surface area contributed by atoms with Crippen molar-refractivity contribution in [3.05, 3.63) is 35.5 Å². The van der Waals surface area contributed by atoms with E-state index in [0.29, 0.717) is 24.0 Å². The van der Waals surface area contributed by atoms with Gasteiger partial charge in [-0.25, -0.2) is 0 Å². The number of fused-ring (bicyclic) bond motifs is 1. The molecular formula is C14H16F2N2. The quantitative estimate of drug-likeness (QED) is 0.840. The Bertz CT molecular complexity index is 568. The molecular weight excluding hydrogens is 234 g/mol. The molecule has 0 saturated carbocycles. The fourth-order valence-electron chi connectivity index (χ4n) is 2.87. The number of aromatic amines is 1. The van der Waals surface area contributed by atoms with Crippen LogP contribution < -0.4 is 5.32 Å². The number of rotatable bonds is 2. The average molecular weight is 250 g/mol. The van der Waals surface area contributed by atoms with Crippen LogP contribution in [0, 0.1) is 6.92 Å². The van der Waals surface area contributed by atoms with E-state index in [1.165, 1.54) is 0 Å². The van der Waals surface area contributed by atoms with Crippen molar-refractivity contribution in [1.82, 2.24) is 10.3 Å². The first-order chi connectivity index (χ1) is 8.60. The summed E-state index contributed by atoms with van der Waals surface area (Å²) in [5.41, 5.74) is 1.50. The zero-order valence-electron chi connectivity index (χ0n) is 10.3. The highest BCUT2D eigenvalue weighted by Crippen LogP contribution is 2.41. The van der Waals surface area contributed by atoms with Crippen LogP contribution in [-0.4, -0.2) is 17.6 Å². The Balaban J connectivity index is 2.15. The van der Waals surface area contributed by atoms with Crippen LogP contribution in [-0.2, 0) is 5.92 Å². The summed E-state index contributed by atoms with van der Waals surface area (Å²) in [7, 11) is 0. The van der Waals surface area contributed by atoms with Crippen molar-refractivity contribution in [2.24, 2.45) is 0 Å². The molecule has 1 aliphatic rings. The number of halogens is 2. The van der Waals surface area contributed by atoms with Crippen LogP contribution in [0.5, 0.6) is 0 Å². The molecule has 0 radical (unpaired) electrons. The summed E-state index contributed by atoms with van der Waals surface area (Å²) in [5.74, 6) is -2.82. The molecule has 3 rings (SSSR count). The molecule has 1 unspecified atom stereocenters. The molecule has 2 N–H and O–H groups in total. The monoisotopic (exact) mass is 250 g/mol. The largest absolute Gasteiger partial charge is 0.358 e. The zero-order valence-corrected chi connectivity index (χ0v) is 10.3. The molecule has 0 amide bonds. The standard InChI is InChI=1S/C14H16F2N2/c1-9-13(10-5-2-3-6-11(10)18-9)14(15,16)12-7-4-8-17-12/h2-3,5-6,12,17-18H,4,7-8H2,1H3. The maximum atomic E-state index is 14.6. The molecule has 4 heteroatoms. The van der Waals surface area contributed by atoms with Crippen LogP contribution in [0.3, 0.4) is 0 Å². The predicted molar refractivity (Wildman–Crippen MR) is 68.0 cm³/mol. The van der Waals surface area contributed by atoms with E-state index in [4.69, 9.17) is 0 Å². The highest BCUT2D eigenvalue weighted by molar-refractivity contribution is 5.85. The van der Waals surface area contributed by atoms with Gasteiger partial charge in [0.1, 0.15) is 0 Å². The van der Waals surface area contributed by atoms with Gasteiger partial charge in [-0.3, -0.25) is 0 Å². The van der Waals surface area contributed by atoms with Crippen LogP contribution in [0.25, 0.3) is 10.9 Å². The van der Waals surface area contributed by atoms with Crippen molar-refractivity contribution in [3.63, 3.8) is 0 Å². The van der Waals surface area contributed by atoms with E-state index in [9.17, 15) is 8.78 Å². The molecule has 2 aromatic rings. The SMILES string of the molecule is Cc1[nH]c2ccccc2c1C(F)(F)C1CCCN1. The van der Waals surface area contributed by atoms with Gasteiger partial charge in [-0.05, 0) is 32.4 Å². The summed E-state index contributed by atoms with van der Waals surface area (Å²) in [6.45, 7) is 2.40. The van der Waals surface area contributed by atoms with Gasteiger partial charge in [0, 0.05) is 16.6 Å². The zero-order chi connectivity index (χ0) is 12.8. The lowest BCUT2D eigenvalue weighted by atomic mass is 9.97. The third-order valence-corrected chi connectivity index (χ3v) is 3.72. The molecule has 2 nitrogen and oxygen atoms in total. The second-order valence-corrected chi connectivity index (χ2v) is 4.94. The third-order valence-electron chi connectivity index (χ3n) is 3.72. The van der Waals surface area contributed by atoms with Crippen LogP contribution in [0.4, 0.5) is 8.78 Å². The summed E-state index contributed by atoms with van der Waals surface area (Å²) in [5, 5.41) is 3.55. The number of hydrogen-bond donors (Lipinski definition) is 2. The van der Waals surface area contributed by atoms with Crippen molar-refractivity contribution < 1.29 is 8.78 Å². The highest BCUT2D eigenvalue weighted by atomic mass is 19.3. The Kier molecular flexibility index (Phi) is 2.63. The molecule has 1 saturated heterocycles. The van der Waals surface area contributed by atoms with Crippen molar-refractivity contribution in [2.75, 3.05) is 6.54 Å². The lowest BCUT2D eigenvalue weighted by Crippen LogP contribution is -2.38. The molecule has 18 heavy (non-hydrogen) atoms. The average Bonchev–Trinajstić information content (AvgIpc) is 2.94. The van der Waals surface area contributed by atoms with Gasteiger partial charge in [-0.2, -0.15) is 8.78 Å². The van der Waals surface area contributed by atoms with Gasteiger partial charge in [0.2, 0.25) is 0 Å². The number of nitrogens with one attached hydrogen (secondary N) is 2. The Hall–Kier alpha value is -1.42. The Morgan fingerprint density at radius 2 is 2.06 bits per heavy atom. The van der Waals surface area contributed by atoms with Crippen LogP contribution in [0.1, 0.15) is 24.1 Å². The second-order valence-electron chi connectivity index (χ2n) is 4.94. The van der Waals surface area contributed by atoms with Gasteiger partial charge >= 0.3 is 0 Å². The molecule has 1 aromatic carbocycles. The van der Waals surface area contributed by atoms with E-state index < -0.39 is 12.0 Å². The number of H-pyrrole nitrogens is 1. The molecule has 1 atom stereocenters. The number of para-hydroxylation sites is 1. The summed E-state index contributed by atoms with van der Waals surface area (Å²) in [4.78, 5) is 3.05. The van der Waals surface area contributed by atoms with Gasteiger partial charge in [-0.15, -0.1) is 0 Å². The number of hydrogen-bond acceptors (Lipinski definition) is 1. The fraction of sp³-hybridized carbons (Fsp3) is 0.429. The summed E-state index contributed by atoms with van der Waals surface area (Å²) >= 11 is 0. The van der Waals surface area contributed by atoms with Gasteiger partial charge in [0.25, 0.3) is 5.92 Å². The second kappa shape index (κ2) is 4.05. The molecule has 1 aliphatic heterocycles. The topological polar surface area (TPSA) is 27.8 Å². The molecule has 1 aromatic heterocycles. The lowest BCUT2D eigenvalue weighted by molar-refractivity contribution is -0.0367. The van der Waals surface area contributed by atoms with Crippen molar-refractivity contribution in [3.8, 4) is 0 Å². The minimum absolute atomic E-state index is 0.150. The van der Waals surface area contributed by atoms with Crippen molar-refractivity contribution >= 4 is 10.9 Å². The molecule has 0 bridgehead atoms. The molecule has 2 heterocycles.